The third-order valence-electron chi connectivity index (χ3n) is 5.79. The number of amides is 2. The van der Waals surface area contributed by atoms with Crippen molar-refractivity contribution in [2.75, 3.05) is 20.3 Å². The van der Waals surface area contributed by atoms with E-state index in [0.717, 1.165) is 4.90 Å². The van der Waals surface area contributed by atoms with E-state index in [4.69, 9.17) is 14.2 Å². The number of alkyl halides is 3. The molecule has 0 aromatic carbocycles. The van der Waals surface area contributed by atoms with Crippen LogP contribution in [0.15, 0.2) is 28.4 Å². The van der Waals surface area contributed by atoms with Crippen molar-refractivity contribution < 1.29 is 46.6 Å². The lowest BCUT2D eigenvalue weighted by Crippen LogP contribution is -2.76. The summed E-state index contributed by atoms with van der Waals surface area (Å²) in [6, 6.07) is 0. The third-order valence-corrected chi connectivity index (χ3v) is 5.79. The summed E-state index contributed by atoms with van der Waals surface area (Å²) in [6.45, 7) is 8.21. The predicted octanol–water partition coefficient (Wildman–Crippen LogP) is 3.07. The van der Waals surface area contributed by atoms with E-state index in [1.807, 2.05) is 0 Å². The Morgan fingerprint density at radius 1 is 1.14 bits per heavy atom. The van der Waals surface area contributed by atoms with E-state index in [2.05, 4.69) is 10.3 Å². The average Bonchev–Trinajstić information content (AvgIpc) is 2.94. The van der Waals surface area contributed by atoms with Crippen LogP contribution in [0.1, 0.15) is 48.0 Å². The summed E-state index contributed by atoms with van der Waals surface area (Å²) in [5, 5.41) is 2.30. The number of aliphatic imine (C=N–C) groups is 1. The van der Waals surface area contributed by atoms with Gasteiger partial charge in [-0.05, 0) is 54.0 Å². The molecular weight excluding hydrogens is 499 g/mol. The van der Waals surface area contributed by atoms with E-state index in [1.54, 1.807) is 13.0 Å². The van der Waals surface area contributed by atoms with Crippen molar-refractivity contribution in [3.05, 3.63) is 23.4 Å². The van der Waals surface area contributed by atoms with E-state index < -0.39 is 58.9 Å². The van der Waals surface area contributed by atoms with Crippen LogP contribution in [0.2, 0.25) is 0 Å². The van der Waals surface area contributed by atoms with E-state index in [0.29, 0.717) is 5.57 Å². The number of halogens is 3. The number of hydrogen-bond donors (Lipinski definition) is 1. The molecule has 2 rings (SSSR count). The summed E-state index contributed by atoms with van der Waals surface area (Å²) in [5.74, 6) is -5.47. The number of likely N-dealkylation sites (N-methyl/N-ethyl adjacent to an activating group) is 1. The number of likely N-dealkylation sites (tertiary alicyclic amines) is 1. The highest BCUT2D eigenvalue weighted by Gasteiger charge is 2.76. The Morgan fingerprint density at radius 3 is 2.14 bits per heavy atom. The van der Waals surface area contributed by atoms with Crippen molar-refractivity contribution in [1.82, 2.24) is 10.2 Å². The molecule has 10 nitrogen and oxygen atoms in total. The smallest absolute Gasteiger partial charge is 0.426 e. The molecule has 1 aliphatic heterocycles. The minimum absolute atomic E-state index is 0.0141. The van der Waals surface area contributed by atoms with Gasteiger partial charge < -0.3 is 24.4 Å². The maximum Gasteiger partial charge on any atom is 0.426 e. The van der Waals surface area contributed by atoms with Gasteiger partial charge in [0.15, 0.2) is 5.54 Å². The third kappa shape index (κ3) is 5.64. The first-order valence-corrected chi connectivity index (χ1v) is 11.6. The molecule has 1 aliphatic carbocycles. The Kier molecular flexibility index (Phi) is 8.50. The zero-order valence-corrected chi connectivity index (χ0v) is 21.8. The lowest BCUT2D eigenvalue weighted by atomic mass is 9.66. The predicted molar refractivity (Wildman–Crippen MR) is 125 cm³/mol. The van der Waals surface area contributed by atoms with Crippen LogP contribution in [0.5, 0.6) is 0 Å². The van der Waals surface area contributed by atoms with Crippen molar-refractivity contribution in [2.24, 2.45) is 10.9 Å². The molecule has 0 bridgehead atoms. The molecule has 37 heavy (non-hydrogen) atoms. The van der Waals surface area contributed by atoms with Crippen LogP contribution >= 0.6 is 0 Å². The molecule has 0 spiro atoms. The molecule has 0 aromatic heterocycles. The normalized spacial score (nSPS) is 22.3. The van der Waals surface area contributed by atoms with Gasteiger partial charge in [0.1, 0.15) is 11.8 Å². The highest BCUT2D eigenvalue weighted by molar-refractivity contribution is 6.16. The number of nitrogens with one attached hydrogen (secondary N) is 1. The summed E-state index contributed by atoms with van der Waals surface area (Å²) in [5.41, 5.74) is -6.24. The number of allylic oxidation sites excluding steroid dienone is 3. The molecule has 13 heteroatoms. The topological polar surface area (TPSA) is 124 Å². The fourth-order valence-electron chi connectivity index (χ4n) is 4.45. The van der Waals surface area contributed by atoms with Crippen LogP contribution < -0.4 is 5.32 Å². The minimum atomic E-state index is -5.11. The highest BCUT2D eigenvalue weighted by Crippen LogP contribution is 2.50. The van der Waals surface area contributed by atoms with E-state index >= 15 is 0 Å². The maximum atomic E-state index is 14.0. The molecule has 2 amide bonds. The van der Waals surface area contributed by atoms with Crippen LogP contribution in [0, 0.1) is 5.92 Å². The molecule has 0 aromatic rings. The summed E-state index contributed by atoms with van der Waals surface area (Å²) >= 11 is 0. The monoisotopic (exact) mass is 531 g/mol. The zero-order chi connectivity index (χ0) is 28.4. The molecular formula is C24H32F3N3O7. The van der Waals surface area contributed by atoms with Gasteiger partial charge in [0.2, 0.25) is 0 Å². The highest BCUT2D eigenvalue weighted by atomic mass is 19.4. The second kappa shape index (κ2) is 10.5. The van der Waals surface area contributed by atoms with Crippen LogP contribution in [0.3, 0.4) is 0 Å². The van der Waals surface area contributed by atoms with Crippen molar-refractivity contribution in [2.45, 2.75) is 70.8 Å². The van der Waals surface area contributed by atoms with Gasteiger partial charge in [0.25, 0.3) is 11.4 Å². The molecule has 1 saturated heterocycles. The Balaban J connectivity index is 3.03. The van der Waals surface area contributed by atoms with Gasteiger partial charge in [-0.15, -0.1) is 0 Å². The Bertz CT molecular complexity index is 1030. The number of hydrogen-bond acceptors (Lipinski definition) is 8. The number of nitrogens with zero attached hydrogens (tertiary/aromatic N) is 2. The van der Waals surface area contributed by atoms with Crippen molar-refractivity contribution in [3.8, 4) is 0 Å². The van der Waals surface area contributed by atoms with Gasteiger partial charge >= 0.3 is 24.2 Å². The molecule has 1 fully saturated rings. The Morgan fingerprint density at radius 2 is 1.68 bits per heavy atom. The first-order chi connectivity index (χ1) is 17.0. The number of esters is 2. The quantitative estimate of drug-likeness (QED) is 0.232. The van der Waals surface area contributed by atoms with Crippen LogP contribution in [-0.4, -0.2) is 78.2 Å². The SMILES string of the molecule is CCOC(=O)C(N=CC(F)(F)F)(C(=O)OCC)[C@@]1(NC(=O)OC(C)(C)C)C(=O)N(C)C2=CC=C(C)CC21. The zero-order valence-electron chi connectivity index (χ0n) is 21.8. The van der Waals surface area contributed by atoms with Crippen molar-refractivity contribution >= 4 is 30.2 Å². The number of alkyl carbamates (subject to hydrolysis) is 1. The standard InChI is InChI=1S/C24H32F3N3O7/c1-8-35-18(32)24(19(33)36-9-2,28-13-22(25,26)27)23(29-20(34)37-21(4,5)6)15-12-14(3)10-11-16(15)30(7)17(23)31/h10-11,13,15H,8-9,12H2,1-7H3,(H,29,34)/t15?,23-/m0/s1. The van der Waals surface area contributed by atoms with Crippen molar-refractivity contribution in [1.29, 1.82) is 0 Å². The van der Waals surface area contributed by atoms with Gasteiger partial charge in [-0.3, -0.25) is 9.79 Å². The number of ether oxygens (including phenoxy) is 3. The molecule has 0 radical (unpaired) electrons. The van der Waals surface area contributed by atoms with Gasteiger partial charge in [-0.1, -0.05) is 11.6 Å². The Labute approximate surface area is 212 Å². The van der Waals surface area contributed by atoms with Gasteiger partial charge in [0.05, 0.1) is 13.2 Å². The molecule has 0 saturated carbocycles. The van der Waals surface area contributed by atoms with Crippen LogP contribution in [-0.2, 0) is 28.6 Å². The number of carbonyl (C=O) groups is 4. The molecule has 2 aliphatic rings. The molecule has 1 heterocycles. The fraction of sp³-hybridized carbons (Fsp3) is 0.625. The summed E-state index contributed by atoms with van der Waals surface area (Å²) in [4.78, 5) is 58.7. The van der Waals surface area contributed by atoms with Crippen LogP contribution in [0.25, 0.3) is 0 Å². The number of fused-ring (bicyclic) bond motifs is 1. The Hall–Kier alpha value is -3.38. The van der Waals surface area contributed by atoms with E-state index in [9.17, 15) is 32.3 Å². The molecule has 1 unspecified atom stereocenters. The average molecular weight is 532 g/mol. The minimum Gasteiger partial charge on any atom is -0.464 e. The van der Waals surface area contributed by atoms with Gasteiger partial charge in [-0.25, -0.2) is 14.4 Å². The maximum absolute atomic E-state index is 14.0. The summed E-state index contributed by atoms with van der Waals surface area (Å²) < 4.78 is 55.8. The largest absolute Gasteiger partial charge is 0.464 e. The summed E-state index contributed by atoms with van der Waals surface area (Å²) in [6.07, 6.45) is -3.77. The second-order valence-corrected chi connectivity index (χ2v) is 9.61. The number of carbonyl (C=O) groups excluding carboxylic acids is 4. The fourth-order valence-corrected chi connectivity index (χ4v) is 4.45. The molecule has 206 valence electrons. The van der Waals surface area contributed by atoms with Crippen molar-refractivity contribution in [3.63, 3.8) is 0 Å². The number of rotatable bonds is 7. The van der Waals surface area contributed by atoms with Gasteiger partial charge in [0, 0.05) is 18.7 Å². The van der Waals surface area contributed by atoms with E-state index in [1.165, 1.54) is 47.7 Å². The second-order valence-electron chi connectivity index (χ2n) is 9.61. The molecule has 1 N–H and O–H groups in total. The summed E-state index contributed by atoms with van der Waals surface area (Å²) in [7, 11) is 1.31. The first kappa shape index (κ1) is 29.8. The van der Waals surface area contributed by atoms with E-state index in [-0.39, 0.29) is 25.3 Å². The lowest BCUT2D eigenvalue weighted by Gasteiger charge is -2.44. The van der Waals surface area contributed by atoms with Gasteiger partial charge in [-0.2, -0.15) is 13.2 Å². The first-order valence-electron chi connectivity index (χ1n) is 11.6. The molecule has 2 atom stereocenters. The lowest BCUT2D eigenvalue weighted by molar-refractivity contribution is -0.172. The van der Waals surface area contributed by atoms with Crippen LogP contribution in [0.4, 0.5) is 18.0 Å².